The number of aromatic nitrogens is 1. The molecule has 2 aromatic rings. The van der Waals surface area contributed by atoms with Crippen molar-refractivity contribution in [3.8, 4) is 0 Å². The van der Waals surface area contributed by atoms with E-state index in [1.165, 1.54) is 11.3 Å². The zero-order valence-corrected chi connectivity index (χ0v) is 11.3. The van der Waals surface area contributed by atoms with Gasteiger partial charge in [-0.3, -0.25) is 4.79 Å². The first-order valence-electron chi connectivity index (χ1n) is 5.29. The van der Waals surface area contributed by atoms with Crippen LogP contribution in [0.25, 0.3) is 0 Å². The molecule has 94 valence electrons. The summed E-state index contributed by atoms with van der Waals surface area (Å²) in [7, 11) is 0. The summed E-state index contributed by atoms with van der Waals surface area (Å²) in [6.45, 7) is 1.87. The van der Waals surface area contributed by atoms with Crippen molar-refractivity contribution in [3.63, 3.8) is 0 Å². The Bertz CT molecular complexity index is 570. The molecular weight excluding hydrogens is 270 g/mol. The first kappa shape index (κ1) is 12.9. The maximum absolute atomic E-state index is 11.5. The highest BCUT2D eigenvalue weighted by Gasteiger charge is 2.20. The largest absolute Gasteiger partial charge is 0.368 e. The molecule has 1 aromatic heterocycles. The van der Waals surface area contributed by atoms with Crippen molar-refractivity contribution < 1.29 is 4.79 Å². The fraction of sp³-hybridized carbons (Fsp3) is 0.167. The molecule has 3 N–H and O–H groups in total. The maximum Gasteiger partial charge on any atom is 0.247 e. The van der Waals surface area contributed by atoms with Gasteiger partial charge in [-0.05, 0) is 25.1 Å². The van der Waals surface area contributed by atoms with Gasteiger partial charge in [-0.1, -0.05) is 17.7 Å². The fourth-order valence-corrected chi connectivity index (χ4v) is 2.55. The molecular formula is C12H12ClN3OS. The van der Waals surface area contributed by atoms with Crippen molar-refractivity contribution in [1.29, 1.82) is 0 Å². The number of amides is 1. The number of anilines is 1. The standard InChI is InChI=1S/C12H12ClN3OS/c1-7-6-18-12(15-7)10(11(14)17)16-9-4-2-3-8(13)5-9/h2-6,10,16H,1H3,(H2,14,17). The molecule has 0 saturated carbocycles. The van der Waals surface area contributed by atoms with Crippen LogP contribution in [0.2, 0.25) is 5.02 Å². The van der Waals surface area contributed by atoms with Crippen LogP contribution in [0, 0.1) is 6.92 Å². The average Bonchev–Trinajstić information content (AvgIpc) is 2.72. The number of hydrogen-bond donors (Lipinski definition) is 2. The highest BCUT2D eigenvalue weighted by molar-refractivity contribution is 7.09. The first-order valence-corrected chi connectivity index (χ1v) is 6.55. The van der Waals surface area contributed by atoms with E-state index in [1.54, 1.807) is 18.2 Å². The van der Waals surface area contributed by atoms with Crippen LogP contribution >= 0.6 is 22.9 Å². The van der Waals surface area contributed by atoms with Crippen LogP contribution in [-0.4, -0.2) is 10.9 Å². The molecule has 4 nitrogen and oxygen atoms in total. The van der Waals surface area contributed by atoms with E-state index in [1.807, 2.05) is 18.4 Å². The number of aryl methyl sites for hydroxylation is 1. The zero-order chi connectivity index (χ0) is 13.1. The van der Waals surface area contributed by atoms with Gasteiger partial charge in [0, 0.05) is 21.8 Å². The van der Waals surface area contributed by atoms with E-state index < -0.39 is 11.9 Å². The Kier molecular flexibility index (Phi) is 3.84. The lowest BCUT2D eigenvalue weighted by atomic mass is 10.2. The Morgan fingerprint density at radius 2 is 2.33 bits per heavy atom. The molecule has 0 spiro atoms. The first-order chi connectivity index (χ1) is 8.56. The number of thiazole rings is 1. The number of carbonyl (C=O) groups excluding carboxylic acids is 1. The number of benzene rings is 1. The number of nitrogens with zero attached hydrogens (tertiary/aromatic N) is 1. The Balaban J connectivity index is 2.24. The molecule has 0 aliphatic rings. The monoisotopic (exact) mass is 281 g/mol. The minimum Gasteiger partial charge on any atom is -0.368 e. The van der Waals surface area contributed by atoms with Crippen LogP contribution in [0.1, 0.15) is 16.7 Å². The van der Waals surface area contributed by atoms with Crippen LogP contribution in [0.5, 0.6) is 0 Å². The Morgan fingerprint density at radius 1 is 1.56 bits per heavy atom. The average molecular weight is 282 g/mol. The molecule has 1 atom stereocenters. The van der Waals surface area contributed by atoms with E-state index in [0.29, 0.717) is 10.0 Å². The molecule has 1 aromatic carbocycles. The number of primary amides is 1. The lowest BCUT2D eigenvalue weighted by Gasteiger charge is -2.14. The minimum atomic E-state index is -0.637. The summed E-state index contributed by atoms with van der Waals surface area (Å²) in [5, 5.41) is 6.17. The maximum atomic E-state index is 11.5. The Labute approximate surface area is 114 Å². The van der Waals surface area contributed by atoms with Crippen LogP contribution < -0.4 is 11.1 Å². The van der Waals surface area contributed by atoms with Crippen molar-refractivity contribution in [2.45, 2.75) is 13.0 Å². The van der Waals surface area contributed by atoms with Gasteiger partial charge in [-0.2, -0.15) is 0 Å². The summed E-state index contributed by atoms with van der Waals surface area (Å²) in [6, 6.07) is 6.48. The van der Waals surface area contributed by atoms with Gasteiger partial charge >= 0.3 is 0 Å². The minimum absolute atomic E-state index is 0.468. The second kappa shape index (κ2) is 5.37. The van der Waals surface area contributed by atoms with Crippen LogP contribution in [0.3, 0.4) is 0 Å². The van der Waals surface area contributed by atoms with Gasteiger partial charge in [0.25, 0.3) is 0 Å². The summed E-state index contributed by atoms with van der Waals surface area (Å²) in [4.78, 5) is 15.8. The second-order valence-corrected chi connectivity index (χ2v) is 5.14. The SMILES string of the molecule is Cc1csc(C(Nc2cccc(Cl)c2)C(N)=O)n1. The van der Waals surface area contributed by atoms with Crippen LogP contribution in [0.4, 0.5) is 5.69 Å². The summed E-state index contributed by atoms with van der Waals surface area (Å²) < 4.78 is 0. The number of nitrogens with two attached hydrogens (primary N) is 1. The molecule has 6 heteroatoms. The van der Waals surface area contributed by atoms with E-state index >= 15 is 0 Å². The van der Waals surface area contributed by atoms with Crippen LogP contribution in [-0.2, 0) is 4.79 Å². The van der Waals surface area contributed by atoms with Crippen molar-refractivity contribution in [2.75, 3.05) is 5.32 Å². The quantitative estimate of drug-likeness (QED) is 0.905. The number of carbonyl (C=O) groups is 1. The van der Waals surface area contributed by atoms with Crippen molar-refractivity contribution in [1.82, 2.24) is 4.98 Å². The lowest BCUT2D eigenvalue weighted by Crippen LogP contribution is -2.27. The highest BCUT2D eigenvalue weighted by atomic mass is 35.5. The molecule has 1 amide bonds. The van der Waals surface area contributed by atoms with Crippen molar-refractivity contribution in [2.24, 2.45) is 5.73 Å². The topological polar surface area (TPSA) is 68.0 Å². The van der Waals surface area contributed by atoms with Gasteiger partial charge in [0.2, 0.25) is 5.91 Å². The van der Waals surface area contributed by atoms with Gasteiger partial charge in [-0.15, -0.1) is 11.3 Å². The Morgan fingerprint density at radius 3 is 2.89 bits per heavy atom. The molecule has 0 bridgehead atoms. The lowest BCUT2D eigenvalue weighted by molar-refractivity contribution is -0.118. The van der Waals surface area contributed by atoms with Gasteiger partial charge in [0.15, 0.2) is 6.04 Å². The van der Waals surface area contributed by atoms with Gasteiger partial charge in [0.05, 0.1) is 0 Å². The van der Waals surface area contributed by atoms with Crippen molar-refractivity contribution in [3.05, 3.63) is 45.4 Å². The molecule has 1 unspecified atom stereocenters. The second-order valence-electron chi connectivity index (χ2n) is 3.82. The molecule has 0 fully saturated rings. The predicted octanol–water partition coefficient (Wildman–Crippen LogP) is 2.74. The smallest absolute Gasteiger partial charge is 0.247 e. The summed E-state index contributed by atoms with van der Waals surface area (Å²) in [6.07, 6.45) is 0. The molecule has 0 aliphatic carbocycles. The number of hydrogen-bond acceptors (Lipinski definition) is 4. The van der Waals surface area contributed by atoms with Crippen molar-refractivity contribution >= 4 is 34.5 Å². The van der Waals surface area contributed by atoms with E-state index in [9.17, 15) is 4.79 Å². The third-order valence-electron chi connectivity index (χ3n) is 2.30. The van der Waals surface area contributed by atoms with Gasteiger partial charge in [0.1, 0.15) is 5.01 Å². The number of rotatable bonds is 4. The summed E-state index contributed by atoms with van der Waals surface area (Å²) in [5.41, 5.74) is 7.00. The Hall–Kier alpha value is -1.59. The molecule has 1 heterocycles. The summed E-state index contributed by atoms with van der Waals surface area (Å²) in [5.74, 6) is -0.468. The molecule has 0 saturated heterocycles. The van der Waals surface area contributed by atoms with E-state index in [-0.39, 0.29) is 0 Å². The van der Waals surface area contributed by atoms with E-state index in [0.717, 1.165) is 11.4 Å². The van der Waals surface area contributed by atoms with Gasteiger partial charge < -0.3 is 11.1 Å². The number of halogens is 1. The van der Waals surface area contributed by atoms with E-state index in [2.05, 4.69) is 10.3 Å². The third-order valence-corrected chi connectivity index (χ3v) is 3.57. The predicted molar refractivity (Wildman–Crippen MR) is 73.9 cm³/mol. The summed E-state index contributed by atoms with van der Waals surface area (Å²) >= 11 is 7.29. The zero-order valence-electron chi connectivity index (χ0n) is 9.68. The molecule has 18 heavy (non-hydrogen) atoms. The number of nitrogens with one attached hydrogen (secondary N) is 1. The fourth-order valence-electron chi connectivity index (χ4n) is 1.50. The van der Waals surface area contributed by atoms with E-state index in [4.69, 9.17) is 17.3 Å². The third kappa shape index (κ3) is 3.00. The highest BCUT2D eigenvalue weighted by Crippen LogP contribution is 2.24. The van der Waals surface area contributed by atoms with Gasteiger partial charge in [-0.25, -0.2) is 4.98 Å². The molecule has 0 aliphatic heterocycles. The molecule has 0 radical (unpaired) electrons. The normalized spacial score (nSPS) is 12.1. The van der Waals surface area contributed by atoms with Crippen LogP contribution in [0.15, 0.2) is 29.6 Å². The molecule has 2 rings (SSSR count).